The Morgan fingerprint density at radius 2 is 2.10 bits per heavy atom. The quantitative estimate of drug-likeness (QED) is 0.741. The van der Waals surface area contributed by atoms with Gasteiger partial charge >= 0.3 is 0 Å². The molecule has 6 heteroatoms. The summed E-state index contributed by atoms with van der Waals surface area (Å²) in [5.74, 6) is 1.86. The van der Waals surface area contributed by atoms with Crippen molar-refractivity contribution in [3.05, 3.63) is 35.7 Å². The van der Waals surface area contributed by atoms with Gasteiger partial charge in [0.05, 0.1) is 13.7 Å². The minimum atomic E-state index is 0.752. The van der Waals surface area contributed by atoms with E-state index in [-0.39, 0.29) is 0 Å². The third-order valence-electron chi connectivity index (χ3n) is 3.41. The second-order valence-corrected chi connectivity index (χ2v) is 5.12. The van der Waals surface area contributed by atoms with Crippen LogP contribution in [0.1, 0.15) is 24.7 Å². The highest BCUT2D eigenvalue weighted by Crippen LogP contribution is 2.18. The first-order chi connectivity index (χ1) is 10.2. The lowest BCUT2D eigenvalue weighted by Crippen LogP contribution is -2.23. The molecule has 0 radical (unpaired) electrons. The molecular weight excluding hydrogens is 266 g/mol. The van der Waals surface area contributed by atoms with Gasteiger partial charge in [-0.25, -0.2) is 4.68 Å². The van der Waals surface area contributed by atoms with Crippen LogP contribution in [0.15, 0.2) is 24.3 Å². The summed E-state index contributed by atoms with van der Waals surface area (Å²) in [4.78, 5) is 2.23. The summed E-state index contributed by atoms with van der Waals surface area (Å²) >= 11 is 0. The van der Waals surface area contributed by atoms with Gasteiger partial charge in [0.15, 0.2) is 5.82 Å². The monoisotopic (exact) mass is 289 g/mol. The van der Waals surface area contributed by atoms with Crippen LogP contribution in [0.4, 0.5) is 0 Å². The summed E-state index contributed by atoms with van der Waals surface area (Å²) in [6.07, 6.45) is 1.97. The summed E-state index contributed by atoms with van der Waals surface area (Å²) in [6.45, 7) is 4.67. The van der Waals surface area contributed by atoms with Crippen molar-refractivity contribution in [1.29, 1.82) is 0 Å². The fraction of sp³-hybridized carbons (Fsp3) is 0.533. The molecule has 0 amide bonds. The minimum Gasteiger partial charge on any atom is -0.496 e. The zero-order chi connectivity index (χ0) is 15.1. The molecule has 0 aliphatic heterocycles. The fourth-order valence-electron chi connectivity index (χ4n) is 2.26. The van der Waals surface area contributed by atoms with Gasteiger partial charge in [-0.1, -0.05) is 25.1 Å². The molecule has 0 bridgehead atoms. The zero-order valence-corrected chi connectivity index (χ0v) is 13.0. The Balaban J connectivity index is 1.90. The third-order valence-corrected chi connectivity index (χ3v) is 3.41. The number of benzene rings is 1. The zero-order valence-electron chi connectivity index (χ0n) is 13.0. The van der Waals surface area contributed by atoms with E-state index in [9.17, 15) is 0 Å². The number of tetrazole rings is 1. The van der Waals surface area contributed by atoms with E-state index >= 15 is 0 Å². The molecule has 2 rings (SSSR count). The number of methoxy groups -OCH3 is 1. The maximum atomic E-state index is 5.38. The second-order valence-electron chi connectivity index (χ2n) is 5.12. The molecule has 1 aromatic heterocycles. The van der Waals surface area contributed by atoms with Crippen LogP contribution in [0.3, 0.4) is 0 Å². The van der Waals surface area contributed by atoms with Gasteiger partial charge in [0.25, 0.3) is 0 Å². The van der Waals surface area contributed by atoms with Crippen LogP contribution in [0, 0.1) is 0 Å². The summed E-state index contributed by atoms with van der Waals surface area (Å²) < 4.78 is 7.25. The predicted octanol–water partition coefficient (Wildman–Crippen LogP) is 1.77. The predicted molar refractivity (Wildman–Crippen MR) is 81.1 cm³/mol. The average molecular weight is 289 g/mol. The van der Waals surface area contributed by atoms with E-state index in [0.717, 1.165) is 44.0 Å². The summed E-state index contributed by atoms with van der Waals surface area (Å²) in [7, 11) is 3.79. The van der Waals surface area contributed by atoms with Gasteiger partial charge in [-0.3, -0.25) is 4.90 Å². The standard InChI is InChI=1S/C15H23N5O/c1-4-10-20-15(16-17-18-20)12-19(2)11-9-13-7-5-6-8-14(13)21-3/h5-8H,4,9-12H2,1-3H3. The number of rotatable bonds is 8. The molecule has 0 fully saturated rings. The summed E-state index contributed by atoms with van der Waals surface area (Å²) in [6, 6.07) is 8.13. The molecule has 2 aromatic rings. The maximum Gasteiger partial charge on any atom is 0.165 e. The lowest BCUT2D eigenvalue weighted by molar-refractivity contribution is 0.311. The molecule has 0 aliphatic carbocycles. The Hall–Kier alpha value is -1.95. The Labute approximate surface area is 125 Å². The van der Waals surface area contributed by atoms with Crippen molar-refractivity contribution in [2.45, 2.75) is 32.9 Å². The third kappa shape index (κ3) is 4.26. The van der Waals surface area contributed by atoms with Crippen molar-refractivity contribution >= 4 is 0 Å². The van der Waals surface area contributed by atoms with Crippen molar-refractivity contribution in [3.63, 3.8) is 0 Å². The first-order valence-electron chi connectivity index (χ1n) is 7.30. The highest BCUT2D eigenvalue weighted by molar-refractivity contribution is 5.33. The Morgan fingerprint density at radius 3 is 2.86 bits per heavy atom. The molecule has 1 aromatic carbocycles. The first-order valence-corrected chi connectivity index (χ1v) is 7.30. The maximum absolute atomic E-state index is 5.38. The molecule has 0 saturated heterocycles. The first kappa shape index (κ1) is 15.4. The Morgan fingerprint density at radius 1 is 1.29 bits per heavy atom. The van der Waals surface area contributed by atoms with E-state index in [1.165, 1.54) is 5.56 Å². The van der Waals surface area contributed by atoms with Gasteiger partial charge in [-0.2, -0.15) is 0 Å². The Kier molecular flexibility index (Phi) is 5.68. The molecule has 0 unspecified atom stereocenters. The lowest BCUT2D eigenvalue weighted by atomic mass is 10.1. The molecule has 6 nitrogen and oxygen atoms in total. The van der Waals surface area contributed by atoms with E-state index in [0.29, 0.717) is 0 Å². The average Bonchev–Trinajstić information content (AvgIpc) is 2.93. The van der Waals surface area contributed by atoms with Gasteiger partial charge in [0.2, 0.25) is 0 Å². The van der Waals surface area contributed by atoms with E-state index in [1.807, 2.05) is 22.9 Å². The number of ether oxygens (including phenoxy) is 1. The van der Waals surface area contributed by atoms with Crippen LogP contribution in [-0.2, 0) is 19.5 Å². The number of nitrogens with zero attached hydrogens (tertiary/aromatic N) is 5. The second kappa shape index (κ2) is 7.73. The number of aryl methyl sites for hydroxylation is 1. The van der Waals surface area contributed by atoms with Crippen LogP contribution in [-0.4, -0.2) is 45.8 Å². The smallest absolute Gasteiger partial charge is 0.165 e. The van der Waals surface area contributed by atoms with E-state index in [4.69, 9.17) is 4.74 Å². The summed E-state index contributed by atoms with van der Waals surface area (Å²) in [5, 5.41) is 11.9. The number of hydrogen-bond donors (Lipinski definition) is 0. The van der Waals surface area contributed by atoms with Crippen molar-refractivity contribution < 1.29 is 4.74 Å². The van der Waals surface area contributed by atoms with E-state index < -0.39 is 0 Å². The van der Waals surface area contributed by atoms with Crippen molar-refractivity contribution in [2.75, 3.05) is 20.7 Å². The molecule has 0 atom stereocenters. The number of likely N-dealkylation sites (N-methyl/N-ethyl adjacent to an activating group) is 1. The van der Waals surface area contributed by atoms with E-state index in [1.54, 1.807) is 7.11 Å². The Bertz CT molecular complexity index is 555. The van der Waals surface area contributed by atoms with Crippen molar-refractivity contribution in [1.82, 2.24) is 25.1 Å². The highest BCUT2D eigenvalue weighted by atomic mass is 16.5. The normalized spacial score (nSPS) is 11.0. The van der Waals surface area contributed by atoms with Gasteiger partial charge in [-0.15, -0.1) is 5.10 Å². The van der Waals surface area contributed by atoms with Crippen LogP contribution >= 0.6 is 0 Å². The lowest BCUT2D eigenvalue weighted by Gasteiger charge is -2.17. The molecule has 0 spiro atoms. The van der Waals surface area contributed by atoms with Crippen molar-refractivity contribution in [2.24, 2.45) is 0 Å². The van der Waals surface area contributed by atoms with Crippen molar-refractivity contribution in [3.8, 4) is 5.75 Å². The molecule has 1 heterocycles. The molecule has 0 aliphatic rings. The van der Waals surface area contributed by atoms with Crippen LogP contribution in [0.25, 0.3) is 0 Å². The van der Waals surface area contributed by atoms with E-state index in [2.05, 4.69) is 40.5 Å². The van der Waals surface area contributed by atoms with Crippen LogP contribution in [0.5, 0.6) is 5.75 Å². The molecule has 114 valence electrons. The molecule has 21 heavy (non-hydrogen) atoms. The molecule has 0 N–H and O–H groups in total. The summed E-state index contributed by atoms with van der Waals surface area (Å²) in [5.41, 5.74) is 1.22. The largest absolute Gasteiger partial charge is 0.496 e. The molecule has 0 saturated carbocycles. The van der Waals surface area contributed by atoms with Gasteiger partial charge in [0, 0.05) is 13.1 Å². The van der Waals surface area contributed by atoms with Gasteiger partial charge in [0.1, 0.15) is 5.75 Å². The number of aromatic nitrogens is 4. The SMILES string of the molecule is CCCn1nnnc1CN(C)CCc1ccccc1OC. The van der Waals surface area contributed by atoms with Gasteiger partial charge < -0.3 is 4.74 Å². The highest BCUT2D eigenvalue weighted by Gasteiger charge is 2.09. The van der Waals surface area contributed by atoms with Crippen LogP contribution in [0.2, 0.25) is 0 Å². The van der Waals surface area contributed by atoms with Crippen LogP contribution < -0.4 is 4.74 Å². The topological polar surface area (TPSA) is 56.1 Å². The number of para-hydroxylation sites is 1. The fourth-order valence-corrected chi connectivity index (χ4v) is 2.26. The number of hydrogen-bond acceptors (Lipinski definition) is 5. The minimum absolute atomic E-state index is 0.752. The van der Waals surface area contributed by atoms with Gasteiger partial charge in [-0.05, 0) is 41.9 Å². The molecular formula is C15H23N5O.